The average molecular weight is 328 g/mol. The minimum atomic E-state index is -0.283. The molecule has 0 saturated carbocycles. The van der Waals surface area contributed by atoms with Gasteiger partial charge in [0.2, 0.25) is 0 Å². The quantitative estimate of drug-likeness (QED) is 0.772. The van der Waals surface area contributed by atoms with Gasteiger partial charge in [0.05, 0.1) is 5.69 Å². The monoisotopic (exact) mass is 328 g/mol. The summed E-state index contributed by atoms with van der Waals surface area (Å²) < 4.78 is 13.1. The number of nitrogens with one attached hydrogen (secondary N) is 1. The van der Waals surface area contributed by atoms with E-state index in [2.05, 4.69) is 22.0 Å². The van der Waals surface area contributed by atoms with Crippen LogP contribution in [0.5, 0.6) is 0 Å². The molecule has 0 aliphatic heterocycles. The van der Waals surface area contributed by atoms with Gasteiger partial charge in [0.1, 0.15) is 5.82 Å². The molecule has 0 amide bonds. The van der Waals surface area contributed by atoms with Gasteiger partial charge in [-0.1, -0.05) is 41.7 Å². The lowest BCUT2D eigenvalue weighted by Gasteiger charge is -2.16. The van der Waals surface area contributed by atoms with Crippen LogP contribution in [0.15, 0.2) is 59.4 Å². The summed E-state index contributed by atoms with van der Waals surface area (Å²) in [5.41, 5.74) is 2.83. The molecule has 0 unspecified atom stereocenters. The van der Waals surface area contributed by atoms with Gasteiger partial charge in [-0.25, -0.2) is 4.39 Å². The summed E-state index contributed by atoms with van der Waals surface area (Å²) in [7, 11) is 2.02. The number of nitrogens with zero attached hydrogens (tertiary/aromatic N) is 1. The first-order chi connectivity index (χ1) is 11.1. The first-order valence-corrected chi connectivity index (χ1v) is 8.14. The van der Waals surface area contributed by atoms with Crippen LogP contribution in [0.3, 0.4) is 0 Å². The van der Waals surface area contributed by atoms with E-state index < -0.39 is 0 Å². The Morgan fingerprint density at radius 1 is 1.04 bits per heavy atom. The molecule has 5 heteroatoms. The molecular formula is C18H17FN2OS. The highest BCUT2D eigenvalue weighted by Crippen LogP contribution is 2.25. The van der Waals surface area contributed by atoms with Gasteiger partial charge < -0.3 is 4.98 Å². The van der Waals surface area contributed by atoms with Crippen LogP contribution in [0, 0.1) is 5.82 Å². The van der Waals surface area contributed by atoms with Gasteiger partial charge in [0.15, 0.2) is 0 Å². The van der Waals surface area contributed by atoms with E-state index in [4.69, 9.17) is 0 Å². The van der Waals surface area contributed by atoms with Crippen molar-refractivity contribution in [3.05, 3.63) is 80.5 Å². The molecule has 118 valence electrons. The van der Waals surface area contributed by atoms with E-state index in [-0.39, 0.29) is 10.7 Å². The molecule has 3 rings (SSSR count). The van der Waals surface area contributed by atoms with Crippen molar-refractivity contribution in [2.45, 2.75) is 13.1 Å². The maximum atomic E-state index is 13.1. The summed E-state index contributed by atoms with van der Waals surface area (Å²) in [6, 6.07) is 16.4. The molecule has 0 aliphatic carbocycles. The van der Waals surface area contributed by atoms with Crippen LogP contribution in [0.25, 0.3) is 11.3 Å². The Kier molecular flexibility index (Phi) is 4.69. The third kappa shape index (κ3) is 3.94. The highest BCUT2D eigenvalue weighted by atomic mass is 32.1. The van der Waals surface area contributed by atoms with Crippen molar-refractivity contribution in [2.75, 3.05) is 7.05 Å². The lowest BCUT2D eigenvalue weighted by Crippen LogP contribution is -2.16. The zero-order valence-electron chi connectivity index (χ0n) is 12.8. The largest absolute Gasteiger partial charge is 0.312 e. The highest BCUT2D eigenvalue weighted by Gasteiger charge is 2.12. The molecule has 3 nitrogen and oxygen atoms in total. The molecule has 0 bridgehead atoms. The summed E-state index contributed by atoms with van der Waals surface area (Å²) in [4.78, 5) is 17.6. The number of aromatic nitrogens is 1. The predicted octanol–water partition coefficient (Wildman–Crippen LogP) is 3.87. The molecule has 0 aliphatic rings. The van der Waals surface area contributed by atoms with Crippen molar-refractivity contribution in [3.63, 3.8) is 0 Å². The minimum absolute atomic E-state index is 0.0903. The second-order valence-corrected chi connectivity index (χ2v) is 6.55. The summed E-state index contributed by atoms with van der Waals surface area (Å²) in [5, 5.41) is 0. The van der Waals surface area contributed by atoms with Crippen LogP contribution in [0.1, 0.15) is 10.4 Å². The SMILES string of the molecule is CN(Cc1ccccc1)Cc1sc(=O)[nH]c1-c1ccc(F)cc1. The number of halogens is 1. The van der Waals surface area contributed by atoms with Crippen LogP contribution in [0.2, 0.25) is 0 Å². The Hall–Kier alpha value is -2.24. The van der Waals surface area contributed by atoms with E-state index in [1.807, 2.05) is 25.2 Å². The van der Waals surface area contributed by atoms with Crippen molar-refractivity contribution in [1.29, 1.82) is 0 Å². The molecule has 23 heavy (non-hydrogen) atoms. The number of thiazole rings is 1. The maximum absolute atomic E-state index is 13.1. The maximum Gasteiger partial charge on any atom is 0.305 e. The second-order valence-electron chi connectivity index (χ2n) is 5.48. The molecule has 1 heterocycles. The lowest BCUT2D eigenvalue weighted by atomic mass is 10.1. The van der Waals surface area contributed by atoms with Crippen LogP contribution in [-0.2, 0) is 13.1 Å². The van der Waals surface area contributed by atoms with Crippen molar-refractivity contribution in [3.8, 4) is 11.3 Å². The minimum Gasteiger partial charge on any atom is -0.312 e. The Morgan fingerprint density at radius 2 is 1.74 bits per heavy atom. The summed E-state index contributed by atoms with van der Waals surface area (Å²) in [5.74, 6) is -0.283. The van der Waals surface area contributed by atoms with E-state index in [9.17, 15) is 9.18 Å². The normalized spacial score (nSPS) is 11.1. The molecule has 1 N–H and O–H groups in total. The fourth-order valence-electron chi connectivity index (χ4n) is 2.52. The van der Waals surface area contributed by atoms with E-state index in [1.165, 1.54) is 29.0 Å². The molecular weight excluding hydrogens is 311 g/mol. The number of benzene rings is 2. The van der Waals surface area contributed by atoms with Gasteiger partial charge in [-0.2, -0.15) is 0 Å². The lowest BCUT2D eigenvalue weighted by molar-refractivity contribution is 0.322. The topological polar surface area (TPSA) is 36.1 Å². The second kappa shape index (κ2) is 6.89. The van der Waals surface area contributed by atoms with E-state index >= 15 is 0 Å². The fourth-order valence-corrected chi connectivity index (χ4v) is 3.45. The molecule has 0 saturated heterocycles. The number of hydrogen-bond donors (Lipinski definition) is 1. The van der Waals surface area contributed by atoms with Crippen molar-refractivity contribution in [1.82, 2.24) is 9.88 Å². The Balaban J connectivity index is 1.80. The van der Waals surface area contributed by atoms with Crippen LogP contribution in [-0.4, -0.2) is 16.9 Å². The van der Waals surface area contributed by atoms with Crippen LogP contribution >= 0.6 is 11.3 Å². The fraction of sp³-hybridized carbons (Fsp3) is 0.167. The predicted molar refractivity (Wildman–Crippen MR) is 91.9 cm³/mol. The molecule has 0 fully saturated rings. The number of hydrogen-bond acceptors (Lipinski definition) is 3. The van der Waals surface area contributed by atoms with Crippen LogP contribution < -0.4 is 4.87 Å². The zero-order valence-corrected chi connectivity index (χ0v) is 13.6. The molecule has 3 aromatic rings. The third-order valence-electron chi connectivity index (χ3n) is 3.56. The van der Waals surface area contributed by atoms with Gasteiger partial charge in [-0.3, -0.25) is 9.69 Å². The van der Waals surface area contributed by atoms with Crippen molar-refractivity contribution >= 4 is 11.3 Å². The first-order valence-electron chi connectivity index (χ1n) is 7.32. The molecule has 0 radical (unpaired) electrons. The standard InChI is InChI=1S/C18H17FN2OS/c1-21(11-13-5-3-2-4-6-13)12-16-17(20-18(22)23-16)14-7-9-15(19)10-8-14/h2-10H,11-12H2,1H3,(H,20,22). The van der Waals surface area contributed by atoms with E-state index in [1.54, 1.807) is 12.1 Å². The summed E-state index contributed by atoms with van der Waals surface area (Å²) >= 11 is 1.21. The summed E-state index contributed by atoms with van der Waals surface area (Å²) in [6.07, 6.45) is 0. The van der Waals surface area contributed by atoms with E-state index in [0.29, 0.717) is 6.54 Å². The molecule has 1 aromatic heterocycles. The number of aromatic amines is 1. The van der Waals surface area contributed by atoms with Gasteiger partial charge >= 0.3 is 4.87 Å². The van der Waals surface area contributed by atoms with Gasteiger partial charge in [0.25, 0.3) is 0 Å². The van der Waals surface area contributed by atoms with Gasteiger partial charge in [-0.05, 0) is 42.4 Å². The molecule has 0 spiro atoms. The highest BCUT2D eigenvalue weighted by molar-refractivity contribution is 7.09. The van der Waals surface area contributed by atoms with Crippen LogP contribution in [0.4, 0.5) is 4.39 Å². The third-order valence-corrected chi connectivity index (χ3v) is 4.43. The summed E-state index contributed by atoms with van der Waals surface area (Å²) in [6.45, 7) is 1.46. The Labute approximate surface area is 138 Å². The van der Waals surface area contributed by atoms with Gasteiger partial charge in [-0.15, -0.1) is 0 Å². The number of rotatable bonds is 5. The van der Waals surface area contributed by atoms with Gasteiger partial charge in [0, 0.05) is 18.0 Å². The Bertz CT molecular complexity index is 824. The zero-order chi connectivity index (χ0) is 16.2. The average Bonchev–Trinajstić information content (AvgIpc) is 2.89. The molecule has 2 aromatic carbocycles. The van der Waals surface area contributed by atoms with Crippen molar-refractivity contribution in [2.24, 2.45) is 0 Å². The Morgan fingerprint density at radius 3 is 2.43 bits per heavy atom. The van der Waals surface area contributed by atoms with Crippen molar-refractivity contribution < 1.29 is 4.39 Å². The smallest absolute Gasteiger partial charge is 0.305 e. The number of H-pyrrole nitrogens is 1. The van der Waals surface area contributed by atoms with E-state index in [0.717, 1.165) is 22.7 Å². The molecule has 0 atom stereocenters. The first kappa shape index (κ1) is 15.6.